The van der Waals surface area contributed by atoms with E-state index in [-0.39, 0.29) is 17.1 Å². The van der Waals surface area contributed by atoms with Gasteiger partial charge in [-0.2, -0.15) is 0 Å². The molecule has 1 aliphatic rings. The normalized spacial score (nSPS) is 17.1. The summed E-state index contributed by atoms with van der Waals surface area (Å²) in [5.74, 6) is -0.242. The number of amides is 1. The summed E-state index contributed by atoms with van der Waals surface area (Å²) in [7, 11) is 0. The van der Waals surface area contributed by atoms with Gasteiger partial charge in [0.15, 0.2) is 5.11 Å². The van der Waals surface area contributed by atoms with Gasteiger partial charge in [-0.25, -0.2) is 0 Å². The quantitative estimate of drug-likeness (QED) is 0.723. The van der Waals surface area contributed by atoms with Crippen LogP contribution in [0.5, 0.6) is 0 Å². The minimum atomic E-state index is -0.242. The van der Waals surface area contributed by atoms with E-state index in [0.29, 0.717) is 5.56 Å². The Morgan fingerprint density at radius 2 is 1.95 bits per heavy atom. The van der Waals surface area contributed by atoms with Crippen LogP contribution in [0.15, 0.2) is 66.4 Å². The number of hydrogen-bond acceptors (Lipinski definition) is 3. The summed E-state index contributed by atoms with van der Waals surface area (Å²) < 4.78 is 0. The number of nitrogens with two attached hydrogens (primary N) is 1. The van der Waals surface area contributed by atoms with Gasteiger partial charge in [0.1, 0.15) is 0 Å². The van der Waals surface area contributed by atoms with Gasteiger partial charge in [-0.3, -0.25) is 10.1 Å². The maximum absolute atomic E-state index is 11.9. The predicted octanol–water partition coefficient (Wildman–Crippen LogP) is 1.63. The smallest absolute Gasteiger partial charge is 0.257 e. The summed E-state index contributed by atoms with van der Waals surface area (Å²) in [6.07, 6.45) is 9.20. The number of carbonyl (C=O) groups is 1. The second kappa shape index (κ2) is 6.79. The fourth-order valence-electron chi connectivity index (χ4n) is 1.63. The van der Waals surface area contributed by atoms with Gasteiger partial charge in [-0.1, -0.05) is 36.4 Å². The third-order valence-electron chi connectivity index (χ3n) is 2.63. The maximum Gasteiger partial charge on any atom is 0.257 e. The number of allylic oxidation sites excluding steroid dienone is 3. The van der Waals surface area contributed by atoms with Crippen molar-refractivity contribution in [3.63, 3.8) is 0 Å². The van der Waals surface area contributed by atoms with Crippen LogP contribution < -0.4 is 16.4 Å². The summed E-state index contributed by atoms with van der Waals surface area (Å²) in [6, 6.07) is 8.79. The lowest BCUT2D eigenvalue weighted by Crippen LogP contribution is -2.38. The molecule has 0 bridgehead atoms. The number of nitrogens with one attached hydrogen (secondary N) is 2. The summed E-state index contributed by atoms with van der Waals surface area (Å²) in [5, 5.41) is 5.82. The van der Waals surface area contributed by atoms with E-state index >= 15 is 0 Å². The largest absolute Gasteiger partial charge is 0.332 e. The van der Waals surface area contributed by atoms with Gasteiger partial charge in [0, 0.05) is 17.3 Å². The molecule has 0 saturated carbocycles. The van der Waals surface area contributed by atoms with Crippen molar-refractivity contribution < 1.29 is 4.79 Å². The second-order valence-electron chi connectivity index (χ2n) is 4.22. The van der Waals surface area contributed by atoms with E-state index in [0.717, 1.165) is 5.70 Å². The maximum atomic E-state index is 11.9. The van der Waals surface area contributed by atoms with Crippen molar-refractivity contribution in [3.05, 3.63) is 72.0 Å². The Labute approximate surface area is 123 Å². The monoisotopic (exact) mass is 285 g/mol. The van der Waals surface area contributed by atoms with Crippen LogP contribution in [0.4, 0.5) is 0 Å². The van der Waals surface area contributed by atoms with Crippen LogP contribution >= 0.6 is 12.2 Å². The van der Waals surface area contributed by atoms with Gasteiger partial charge in [0.2, 0.25) is 0 Å². The molecule has 5 heteroatoms. The highest BCUT2D eigenvalue weighted by Crippen LogP contribution is 2.02. The molecule has 1 aliphatic carbocycles. The number of thiocarbonyl (C=S) groups is 1. The Morgan fingerprint density at radius 1 is 1.20 bits per heavy atom. The molecule has 1 unspecified atom stereocenters. The summed E-state index contributed by atoms with van der Waals surface area (Å²) in [5.41, 5.74) is 7.08. The van der Waals surface area contributed by atoms with Gasteiger partial charge < -0.3 is 11.1 Å². The van der Waals surface area contributed by atoms with Crippen molar-refractivity contribution in [3.8, 4) is 0 Å². The molecular formula is C15H15N3OS. The zero-order valence-electron chi connectivity index (χ0n) is 10.7. The summed E-state index contributed by atoms with van der Waals surface area (Å²) in [6.45, 7) is 0. The minimum absolute atomic E-state index is 0.113. The van der Waals surface area contributed by atoms with Crippen molar-refractivity contribution >= 4 is 23.2 Å². The Bertz CT molecular complexity index is 590. The molecule has 4 nitrogen and oxygen atoms in total. The van der Waals surface area contributed by atoms with Crippen molar-refractivity contribution in [1.29, 1.82) is 0 Å². The Kier molecular flexibility index (Phi) is 4.81. The first kappa shape index (κ1) is 14.2. The van der Waals surface area contributed by atoms with Gasteiger partial charge in [-0.05, 0) is 36.5 Å². The second-order valence-corrected chi connectivity index (χ2v) is 4.63. The highest BCUT2D eigenvalue weighted by Gasteiger charge is 2.07. The third-order valence-corrected chi connectivity index (χ3v) is 2.83. The van der Waals surface area contributed by atoms with Gasteiger partial charge in [-0.15, -0.1) is 0 Å². The molecule has 1 amide bonds. The summed E-state index contributed by atoms with van der Waals surface area (Å²) in [4.78, 5) is 11.9. The first-order valence-corrected chi connectivity index (χ1v) is 6.55. The molecule has 1 atom stereocenters. The minimum Gasteiger partial charge on any atom is -0.332 e. The molecule has 0 aromatic heterocycles. The Morgan fingerprint density at radius 3 is 2.70 bits per heavy atom. The van der Waals surface area contributed by atoms with Crippen LogP contribution in [-0.4, -0.2) is 17.1 Å². The number of rotatable bonds is 2. The van der Waals surface area contributed by atoms with E-state index in [1.807, 2.05) is 36.4 Å². The van der Waals surface area contributed by atoms with Gasteiger partial charge in [0.25, 0.3) is 5.91 Å². The highest BCUT2D eigenvalue weighted by molar-refractivity contribution is 7.80. The fraction of sp³-hybridized carbons (Fsp3) is 0.0667. The average molecular weight is 285 g/mol. The van der Waals surface area contributed by atoms with Crippen LogP contribution in [-0.2, 0) is 0 Å². The molecule has 0 aliphatic heterocycles. The zero-order valence-corrected chi connectivity index (χ0v) is 11.6. The zero-order chi connectivity index (χ0) is 14.4. The van der Waals surface area contributed by atoms with E-state index in [9.17, 15) is 4.79 Å². The van der Waals surface area contributed by atoms with E-state index in [1.54, 1.807) is 24.3 Å². The molecule has 0 radical (unpaired) electrons. The van der Waals surface area contributed by atoms with Crippen molar-refractivity contribution in [2.45, 2.75) is 6.04 Å². The van der Waals surface area contributed by atoms with Crippen molar-refractivity contribution in [2.75, 3.05) is 0 Å². The lowest BCUT2D eigenvalue weighted by molar-refractivity contribution is 0.0977. The molecule has 20 heavy (non-hydrogen) atoms. The molecule has 1 aromatic carbocycles. The van der Waals surface area contributed by atoms with E-state index in [4.69, 9.17) is 18.0 Å². The summed E-state index contributed by atoms with van der Waals surface area (Å²) >= 11 is 5.11. The Hall–Kier alpha value is -2.24. The predicted molar refractivity (Wildman–Crippen MR) is 84.0 cm³/mol. The molecule has 0 saturated heterocycles. The van der Waals surface area contributed by atoms with Crippen LogP contribution in [0.1, 0.15) is 10.4 Å². The lowest BCUT2D eigenvalue weighted by atomic mass is 10.2. The third kappa shape index (κ3) is 4.15. The Balaban J connectivity index is 1.93. The number of benzene rings is 1. The van der Waals surface area contributed by atoms with Gasteiger partial charge >= 0.3 is 0 Å². The molecule has 0 spiro atoms. The number of hydrogen-bond donors (Lipinski definition) is 3. The van der Waals surface area contributed by atoms with Crippen LogP contribution in [0.2, 0.25) is 0 Å². The van der Waals surface area contributed by atoms with E-state index in [1.165, 1.54) is 0 Å². The van der Waals surface area contributed by atoms with Crippen LogP contribution in [0.25, 0.3) is 0 Å². The van der Waals surface area contributed by atoms with E-state index in [2.05, 4.69) is 10.6 Å². The molecule has 0 heterocycles. The van der Waals surface area contributed by atoms with E-state index < -0.39 is 0 Å². The standard InChI is InChI=1S/C15H15N3OS/c16-12-7-4-8-13(10-9-12)17-15(20)18-14(19)11-5-2-1-3-6-11/h1-10,12H,16H2,(H2,17,18,19,20). The molecule has 102 valence electrons. The highest BCUT2D eigenvalue weighted by atomic mass is 32.1. The lowest BCUT2D eigenvalue weighted by Gasteiger charge is -2.09. The first-order chi connectivity index (χ1) is 9.65. The molecule has 1 aromatic rings. The van der Waals surface area contributed by atoms with Crippen molar-refractivity contribution in [1.82, 2.24) is 10.6 Å². The average Bonchev–Trinajstić information content (AvgIpc) is 2.64. The molecule has 2 rings (SSSR count). The molecule has 4 N–H and O–H groups in total. The molecular weight excluding hydrogens is 270 g/mol. The number of carbonyl (C=O) groups excluding carboxylic acids is 1. The van der Waals surface area contributed by atoms with Crippen molar-refractivity contribution in [2.24, 2.45) is 5.73 Å². The van der Waals surface area contributed by atoms with Gasteiger partial charge in [0.05, 0.1) is 0 Å². The van der Waals surface area contributed by atoms with Crippen LogP contribution in [0.3, 0.4) is 0 Å². The molecule has 0 fully saturated rings. The van der Waals surface area contributed by atoms with Crippen LogP contribution in [0, 0.1) is 0 Å². The topological polar surface area (TPSA) is 67.2 Å². The fourth-order valence-corrected chi connectivity index (χ4v) is 1.84. The SMILES string of the molecule is NC1C=CC=C(NC(=S)NC(=O)c2ccccc2)C=C1. The first-order valence-electron chi connectivity index (χ1n) is 6.15.